The van der Waals surface area contributed by atoms with Crippen molar-refractivity contribution in [2.75, 3.05) is 7.11 Å². The van der Waals surface area contributed by atoms with Gasteiger partial charge in [-0.25, -0.2) is 4.79 Å². The molecular weight excluding hydrogens is 234 g/mol. The Morgan fingerprint density at radius 1 is 1.39 bits per heavy atom. The van der Waals surface area contributed by atoms with Crippen LogP contribution in [0.2, 0.25) is 0 Å². The Labute approximate surface area is 106 Å². The molecule has 0 atom stereocenters. The lowest BCUT2D eigenvalue weighted by Gasteiger charge is -2.10. The Balaban J connectivity index is 2.82. The van der Waals surface area contributed by atoms with E-state index in [1.807, 2.05) is 0 Å². The van der Waals surface area contributed by atoms with Crippen LogP contribution in [0.1, 0.15) is 29.8 Å². The van der Waals surface area contributed by atoms with Crippen LogP contribution in [0.15, 0.2) is 18.2 Å². The Kier molecular flexibility index (Phi) is 4.71. The molecule has 0 aliphatic rings. The van der Waals surface area contributed by atoms with E-state index in [0.717, 1.165) is 5.56 Å². The molecule has 5 nitrogen and oxygen atoms in total. The lowest BCUT2D eigenvalue weighted by Crippen LogP contribution is -2.27. The summed E-state index contributed by atoms with van der Waals surface area (Å²) in [6, 6.07) is 4.81. The summed E-state index contributed by atoms with van der Waals surface area (Å²) in [6.07, 6.45) is 0. The first kappa shape index (κ1) is 14.0. The van der Waals surface area contributed by atoms with Crippen molar-refractivity contribution in [3.63, 3.8) is 0 Å². The summed E-state index contributed by atoms with van der Waals surface area (Å²) < 4.78 is 4.96. The number of hydrogen-bond acceptors (Lipinski definition) is 3. The Hall–Kier alpha value is -2.04. The van der Waals surface area contributed by atoms with Gasteiger partial charge in [0.1, 0.15) is 11.3 Å². The van der Waals surface area contributed by atoms with Gasteiger partial charge in [-0.1, -0.05) is 19.9 Å². The van der Waals surface area contributed by atoms with Crippen LogP contribution in [0, 0.1) is 5.92 Å². The number of carboxylic acids is 1. The van der Waals surface area contributed by atoms with E-state index in [-0.39, 0.29) is 17.4 Å². The standard InChI is InChI=1S/C13H17NO4/c1-8(2)12(15)14-7-9-4-5-11(18-3)10(6-9)13(16)17/h4-6,8H,7H2,1-3H3,(H,14,15)(H,16,17). The highest BCUT2D eigenvalue weighted by molar-refractivity contribution is 5.91. The Bertz CT molecular complexity index is 454. The average Bonchev–Trinajstić information content (AvgIpc) is 2.35. The summed E-state index contributed by atoms with van der Waals surface area (Å²) >= 11 is 0. The molecule has 1 aromatic rings. The molecule has 0 saturated carbocycles. The first-order valence-electron chi connectivity index (χ1n) is 5.63. The fraction of sp³-hybridized carbons (Fsp3) is 0.385. The second-order valence-corrected chi connectivity index (χ2v) is 4.21. The summed E-state index contributed by atoms with van der Waals surface area (Å²) in [5.74, 6) is -0.907. The number of methoxy groups -OCH3 is 1. The molecule has 0 unspecified atom stereocenters. The van der Waals surface area contributed by atoms with Crippen molar-refractivity contribution in [2.24, 2.45) is 5.92 Å². The first-order valence-corrected chi connectivity index (χ1v) is 5.63. The van der Waals surface area contributed by atoms with Crippen LogP contribution in [-0.4, -0.2) is 24.1 Å². The lowest BCUT2D eigenvalue weighted by molar-refractivity contribution is -0.124. The molecule has 1 amide bonds. The van der Waals surface area contributed by atoms with Gasteiger partial charge in [0.25, 0.3) is 0 Å². The topological polar surface area (TPSA) is 75.6 Å². The van der Waals surface area contributed by atoms with Crippen molar-refractivity contribution in [3.05, 3.63) is 29.3 Å². The molecule has 0 fully saturated rings. The zero-order valence-electron chi connectivity index (χ0n) is 10.7. The van der Waals surface area contributed by atoms with E-state index in [1.165, 1.54) is 13.2 Å². The highest BCUT2D eigenvalue weighted by Crippen LogP contribution is 2.19. The van der Waals surface area contributed by atoms with Gasteiger partial charge in [0, 0.05) is 12.5 Å². The molecule has 0 aliphatic heterocycles. The number of amides is 1. The van der Waals surface area contributed by atoms with Gasteiger partial charge in [-0.15, -0.1) is 0 Å². The number of ether oxygens (including phenoxy) is 1. The predicted molar refractivity (Wildman–Crippen MR) is 66.6 cm³/mol. The molecule has 0 aromatic heterocycles. The number of rotatable bonds is 5. The van der Waals surface area contributed by atoms with Crippen molar-refractivity contribution in [3.8, 4) is 5.75 Å². The van der Waals surface area contributed by atoms with Crippen molar-refractivity contribution in [1.82, 2.24) is 5.32 Å². The highest BCUT2D eigenvalue weighted by atomic mass is 16.5. The number of carbonyl (C=O) groups is 2. The number of nitrogens with one attached hydrogen (secondary N) is 1. The molecule has 1 aromatic carbocycles. The molecule has 2 N–H and O–H groups in total. The third-order valence-electron chi connectivity index (χ3n) is 2.49. The van der Waals surface area contributed by atoms with E-state index < -0.39 is 5.97 Å². The van der Waals surface area contributed by atoms with Gasteiger partial charge in [-0.05, 0) is 17.7 Å². The molecule has 1 rings (SSSR count). The van der Waals surface area contributed by atoms with Crippen LogP contribution in [0.3, 0.4) is 0 Å². The van der Waals surface area contributed by atoms with Crippen LogP contribution >= 0.6 is 0 Å². The van der Waals surface area contributed by atoms with E-state index in [2.05, 4.69) is 5.32 Å². The van der Waals surface area contributed by atoms with Crippen molar-refractivity contribution in [1.29, 1.82) is 0 Å². The smallest absolute Gasteiger partial charge is 0.339 e. The molecule has 0 radical (unpaired) electrons. The minimum Gasteiger partial charge on any atom is -0.496 e. The molecule has 0 aliphatic carbocycles. The summed E-state index contributed by atoms with van der Waals surface area (Å²) in [7, 11) is 1.42. The first-order chi connectivity index (χ1) is 8.45. The largest absolute Gasteiger partial charge is 0.496 e. The minimum atomic E-state index is -1.05. The number of benzene rings is 1. The average molecular weight is 251 g/mol. The van der Waals surface area contributed by atoms with Crippen LogP contribution in [0.25, 0.3) is 0 Å². The maximum Gasteiger partial charge on any atom is 0.339 e. The van der Waals surface area contributed by atoms with Gasteiger partial charge in [-0.2, -0.15) is 0 Å². The minimum absolute atomic E-state index is 0.0670. The molecule has 0 bridgehead atoms. The maximum atomic E-state index is 11.4. The fourth-order valence-electron chi connectivity index (χ4n) is 1.43. The number of carboxylic acid groups (broad SMARTS) is 1. The molecule has 18 heavy (non-hydrogen) atoms. The van der Waals surface area contributed by atoms with Gasteiger partial charge in [-0.3, -0.25) is 4.79 Å². The molecule has 98 valence electrons. The second-order valence-electron chi connectivity index (χ2n) is 4.21. The van der Waals surface area contributed by atoms with E-state index in [9.17, 15) is 9.59 Å². The van der Waals surface area contributed by atoms with Gasteiger partial charge >= 0.3 is 5.97 Å². The SMILES string of the molecule is COc1ccc(CNC(=O)C(C)C)cc1C(=O)O. The molecular formula is C13H17NO4. The number of carbonyl (C=O) groups excluding carboxylic acids is 1. The zero-order valence-corrected chi connectivity index (χ0v) is 10.7. The highest BCUT2D eigenvalue weighted by Gasteiger charge is 2.12. The van der Waals surface area contributed by atoms with Gasteiger partial charge < -0.3 is 15.2 Å². The molecule has 5 heteroatoms. The van der Waals surface area contributed by atoms with Gasteiger partial charge in [0.05, 0.1) is 7.11 Å². The van der Waals surface area contributed by atoms with Crippen LogP contribution in [0.4, 0.5) is 0 Å². The number of aromatic carboxylic acids is 1. The molecule has 0 saturated heterocycles. The molecule has 0 spiro atoms. The number of hydrogen-bond donors (Lipinski definition) is 2. The summed E-state index contributed by atoms with van der Waals surface area (Å²) in [5, 5.41) is 11.7. The third-order valence-corrected chi connectivity index (χ3v) is 2.49. The van der Waals surface area contributed by atoms with E-state index >= 15 is 0 Å². The lowest BCUT2D eigenvalue weighted by atomic mass is 10.1. The van der Waals surface area contributed by atoms with E-state index in [1.54, 1.807) is 26.0 Å². The summed E-state index contributed by atoms with van der Waals surface area (Å²) in [5.41, 5.74) is 0.816. The Morgan fingerprint density at radius 2 is 2.06 bits per heavy atom. The third kappa shape index (κ3) is 3.48. The van der Waals surface area contributed by atoms with Gasteiger partial charge in [0.2, 0.25) is 5.91 Å². The quantitative estimate of drug-likeness (QED) is 0.834. The van der Waals surface area contributed by atoms with Crippen molar-refractivity contribution < 1.29 is 19.4 Å². The van der Waals surface area contributed by atoms with Crippen LogP contribution < -0.4 is 10.1 Å². The molecule has 0 heterocycles. The summed E-state index contributed by atoms with van der Waals surface area (Å²) in [6.45, 7) is 3.90. The van der Waals surface area contributed by atoms with Crippen molar-refractivity contribution >= 4 is 11.9 Å². The fourth-order valence-corrected chi connectivity index (χ4v) is 1.43. The van der Waals surface area contributed by atoms with Crippen LogP contribution in [0.5, 0.6) is 5.75 Å². The van der Waals surface area contributed by atoms with Crippen LogP contribution in [-0.2, 0) is 11.3 Å². The maximum absolute atomic E-state index is 11.4. The predicted octanol–water partition coefficient (Wildman–Crippen LogP) is 1.67. The Morgan fingerprint density at radius 3 is 2.56 bits per heavy atom. The normalized spacial score (nSPS) is 10.2. The second kappa shape index (κ2) is 6.05. The zero-order chi connectivity index (χ0) is 13.7. The van der Waals surface area contributed by atoms with Crippen molar-refractivity contribution in [2.45, 2.75) is 20.4 Å². The van der Waals surface area contributed by atoms with E-state index in [4.69, 9.17) is 9.84 Å². The van der Waals surface area contributed by atoms with E-state index in [0.29, 0.717) is 12.3 Å². The monoisotopic (exact) mass is 251 g/mol. The van der Waals surface area contributed by atoms with Gasteiger partial charge in [0.15, 0.2) is 0 Å². The summed E-state index contributed by atoms with van der Waals surface area (Å²) in [4.78, 5) is 22.4.